The number of piperazine rings is 1. The van der Waals surface area contributed by atoms with Crippen molar-refractivity contribution in [2.75, 3.05) is 33.2 Å². The van der Waals surface area contributed by atoms with Gasteiger partial charge in [-0.25, -0.2) is 14.5 Å². The molecule has 1 saturated heterocycles. The Morgan fingerprint density at radius 3 is 2.88 bits per heavy atom. The Balaban J connectivity index is 1.58. The summed E-state index contributed by atoms with van der Waals surface area (Å²) in [5, 5.41) is 5.55. The smallest absolute Gasteiger partial charge is 0.293 e. The number of fused-ring (bicyclic) bond motifs is 5. The van der Waals surface area contributed by atoms with E-state index in [1.807, 2.05) is 4.90 Å². The largest absolute Gasteiger partial charge is 0.333 e. The molecule has 1 fully saturated rings. The lowest BCUT2D eigenvalue weighted by molar-refractivity contribution is 0.0652. The van der Waals surface area contributed by atoms with Gasteiger partial charge < -0.3 is 9.80 Å². The molecule has 0 spiro atoms. The highest BCUT2D eigenvalue weighted by atomic mass is 32.1. The van der Waals surface area contributed by atoms with E-state index in [0.717, 1.165) is 54.9 Å². The number of thiophene rings is 1. The minimum Gasteiger partial charge on any atom is -0.333 e. The summed E-state index contributed by atoms with van der Waals surface area (Å²) in [4.78, 5) is 28.6. The predicted molar refractivity (Wildman–Crippen MR) is 101 cm³/mol. The minimum absolute atomic E-state index is 0.0765. The van der Waals surface area contributed by atoms with Crippen molar-refractivity contribution in [2.24, 2.45) is 5.92 Å². The number of carbonyl (C=O) groups is 1. The van der Waals surface area contributed by atoms with E-state index in [1.54, 1.807) is 22.2 Å². The van der Waals surface area contributed by atoms with Gasteiger partial charge in [-0.15, -0.1) is 16.4 Å². The van der Waals surface area contributed by atoms with Crippen LogP contribution < -0.4 is 0 Å². The normalized spacial score (nSPS) is 21.5. The van der Waals surface area contributed by atoms with Gasteiger partial charge in [0, 0.05) is 31.1 Å². The highest BCUT2D eigenvalue weighted by molar-refractivity contribution is 7.19. The zero-order valence-corrected chi connectivity index (χ0v) is 15.9. The van der Waals surface area contributed by atoms with Gasteiger partial charge in [0.25, 0.3) is 5.91 Å². The second kappa shape index (κ2) is 5.99. The molecule has 7 nitrogen and oxygen atoms in total. The Bertz CT molecular complexity index is 1000. The first-order valence-electron chi connectivity index (χ1n) is 9.23. The third-order valence-electron chi connectivity index (χ3n) is 5.61. The fraction of sp³-hybridized carbons (Fsp3) is 0.556. The number of rotatable bonds is 1. The first-order chi connectivity index (χ1) is 12.6. The van der Waals surface area contributed by atoms with E-state index in [4.69, 9.17) is 0 Å². The minimum atomic E-state index is -0.0765. The molecule has 136 valence electrons. The van der Waals surface area contributed by atoms with Gasteiger partial charge in [-0.3, -0.25) is 4.79 Å². The molecular formula is C18H22N6OS. The molecule has 0 aromatic carbocycles. The lowest BCUT2D eigenvalue weighted by atomic mass is 9.89. The summed E-state index contributed by atoms with van der Waals surface area (Å²) in [5.74, 6) is 0.884. The van der Waals surface area contributed by atoms with Crippen LogP contribution in [0.15, 0.2) is 6.33 Å². The Hall–Kier alpha value is -2.06. The Kier molecular flexibility index (Phi) is 3.72. The SMILES string of the molecule is C[C@H]1CCc2sc3ncn4nc(C(=O)N5CCN(C)CC5)nc4c3c2C1. The Morgan fingerprint density at radius 2 is 2.08 bits per heavy atom. The van der Waals surface area contributed by atoms with E-state index in [-0.39, 0.29) is 11.7 Å². The molecule has 0 bridgehead atoms. The molecule has 1 aliphatic heterocycles. The van der Waals surface area contributed by atoms with Crippen LogP contribution in [0.2, 0.25) is 0 Å². The van der Waals surface area contributed by atoms with E-state index in [9.17, 15) is 4.79 Å². The molecule has 26 heavy (non-hydrogen) atoms. The van der Waals surface area contributed by atoms with Crippen LogP contribution in [-0.2, 0) is 12.8 Å². The van der Waals surface area contributed by atoms with E-state index in [1.165, 1.54) is 16.9 Å². The van der Waals surface area contributed by atoms with Crippen molar-refractivity contribution in [2.45, 2.75) is 26.2 Å². The molecular weight excluding hydrogens is 348 g/mol. The van der Waals surface area contributed by atoms with Crippen molar-refractivity contribution in [1.82, 2.24) is 29.4 Å². The molecule has 5 rings (SSSR count). The molecule has 8 heteroatoms. The second-order valence-corrected chi connectivity index (χ2v) is 8.66. The van der Waals surface area contributed by atoms with Gasteiger partial charge in [-0.2, -0.15) is 0 Å². The lowest BCUT2D eigenvalue weighted by Gasteiger charge is -2.31. The first-order valence-corrected chi connectivity index (χ1v) is 10.0. The molecule has 0 N–H and O–H groups in total. The van der Waals surface area contributed by atoms with Crippen LogP contribution in [0.5, 0.6) is 0 Å². The monoisotopic (exact) mass is 370 g/mol. The zero-order valence-electron chi connectivity index (χ0n) is 15.1. The molecule has 1 aliphatic carbocycles. The molecule has 1 atom stereocenters. The third-order valence-corrected chi connectivity index (χ3v) is 6.81. The van der Waals surface area contributed by atoms with Gasteiger partial charge in [-0.1, -0.05) is 6.92 Å². The summed E-state index contributed by atoms with van der Waals surface area (Å²) in [5.41, 5.74) is 2.15. The van der Waals surface area contributed by atoms with Crippen molar-refractivity contribution in [3.63, 3.8) is 0 Å². The highest BCUT2D eigenvalue weighted by Crippen LogP contribution is 2.38. The summed E-state index contributed by atoms with van der Waals surface area (Å²) in [6, 6.07) is 0. The average Bonchev–Trinajstić information content (AvgIpc) is 3.22. The Labute approximate surface area is 155 Å². The van der Waals surface area contributed by atoms with Gasteiger partial charge >= 0.3 is 0 Å². The quantitative estimate of drug-likeness (QED) is 0.654. The molecule has 1 amide bonds. The van der Waals surface area contributed by atoms with Crippen molar-refractivity contribution < 1.29 is 4.79 Å². The summed E-state index contributed by atoms with van der Waals surface area (Å²) in [7, 11) is 2.08. The van der Waals surface area contributed by atoms with Crippen LogP contribution in [0, 0.1) is 5.92 Å². The van der Waals surface area contributed by atoms with Crippen molar-refractivity contribution >= 4 is 33.1 Å². The number of likely N-dealkylation sites (N-methyl/N-ethyl adjacent to an activating group) is 1. The van der Waals surface area contributed by atoms with Gasteiger partial charge in [0.2, 0.25) is 5.82 Å². The van der Waals surface area contributed by atoms with Crippen LogP contribution in [-0.4, -0.2) is 68.5 Å². The standard InChI is InChI=1S/C18H22N6OS/c1-11-3-4-13-12(9-11)14-16-20-15(21-24(16)10-19-17(14)26-13)18(25)23-7-5-22(2)6-8-23/h10-11H,3-9H2,1-2H3/t11-/m0/s1. The van der Waals surface area contributed by atoms with Gasteiger partial charge in [0.05, 0.1) is 5.39 Å². The Morgan fingerprint density at radius 1 is 1.27 bits per heavy atom. The number of amides is 1. The van der Waals surface area contributed by atoms with Crippen LogP contribution in [0.4, 0.5) is 0 Å². The van der Waals surface area contributed by atoms with Gasteiger partial charge in [-0.05, 0) is 37.8 Å². The molecule has 0 saturated carbocycles. The number of aryl methyl sites for hydroxylation is 1. The maximum atomic E-state index is 12.8. The van der Waals surface area contributed by atoms with E-state index >= 15 is 0 Å². The van der Waals surface area contributed by atoms with Crippen LogP contribution in [0.25, 0.3) is 15.9 Å². The highest BCUT2D eigenvalue weighted by Gasteiger charge is 2.27. The maximum absolute atomic E-state index is 12.8. The molecule has 2 aliphatic rings. The number of hydrogen-bond donors (Lipinski definition) is 0. The van der Waals surface area contributed by atoms with Crippen LogP contribution in [0.3, 0.4) is 0 Å². The number of aromatic nitrogens is 4. The first kappa shape index (κ1) is 16.1. The summed E-state index contributed by atoms with van der Waals surface area (Å²) < 4.78 is 1.68. The van der Waals surface area contributed by atoms with E-state index < -0.39 is 0 Å². The number of hydrogen-bond acceptors (Lipinski definition) is 6. The fourth-order valence-corrected chi connectivity index (χ4v) is 5.17. The summed E-state index contributed by atoms with van der Waals surface area (Å²) in [6.07, 6.45) is 5.10. The average molecular weight is 370 g/mol. The fourth-order valence-electron chi connectivity index (χ4n) is 3.99. The van der Waals surface area contributed by atoms with E-state index in [2.05, 4.69) is 33.9 Å². The summed E-state index contributed by atoms with van der Waals surface area (Å²) in [6.45, 7) is 5.53. The van der Waals surface area contributed by atoms with Crippen molar-refractivity contribution in [1.29, 1.82) is 0 Å². The summed E-state index contributed by atoms with van der Waals surface area (Å²) >= 11 is 1.77. The number of nitrogens with zero attached hydrogens (tertiary/aromatic N) is 6. The van der Waals surface area contributed by atoms with Crippen LogP contribution >= 0.6 is 11.3 Å². The third kappa shape index (κ3) is 2.51. The van der Waals surface area contributed by atoms with E-state index in [0.29, 0.717) is 5.92 Å². The maximum Gasteiger partial charge on any atom is 0.293 e. The molecule has 3 aromatic rings. The number of carbonyl (C=O) groups excluding carboxylic acids is 1. The van der Waals surface area contributed by atoms with Crippen molar-refractivity contribution in [3.05, 3.63) is 22.6 Å². The molecule has 3 aromatic heterocycles. The lowest BCUT2D eigenvalue weighted by Crippen LogP contribution is -2.47. The predicted octanol–water partition coefficient (Wildman–Crippen LogP) is 1.85. The molecule has 0 unspecified atom stereocenters. The molecule has 4 heterocycles. The molecule has 0 radical (unpaired) electrons. The topological polar surface area (TPSA) is 66.6 Å². The van der Waals surface area contributed by atoms with Gasteiger partial charge in [0.1, 0.15) is 11.2 Å². The van der Waals surface area contributed by atoms with Crippen molar-refractivity contribution in [3.8, 4) is 0 Å². The zero-order chi connectivity index (χ0) is 17.8. The van der Waals surface area contributed by atoms with Crippen LogP contribution in [0.1, 0.15) is 34.4 Å². The van der Waals surface area contributed by atoms with Gasteiger partial charge in [0.15, 0.2) is 5.65 Å². The second-order valence-electron chi connectivity index (χ2n) is 7.58.